The molecule has 0 saturated carbocycles. The number of methoxy groups -OCH3 is 1. The lowest BCUT2D eigenvalue weighted by Gasteiger charge is -2.05. The van der Waals surface area contributed by atoms with Crippen LogP contribution in [0.2, 0.25) is 0 Å². The van der Waals surface area contributed by atoms with Crippen LogP contribution in [-0.4, -0.2) is 23.7 Å². The number of hydrogen-bond donors (Lipinski definition) is 0. The van der Waals surface area contributed by atoms with Crippen LogP contribution in [-0.2, 0) is 0 Å². The second-order valence-electron chi connectivity index (χ2n) is 2.61. The highest BCUT2D eigenvalue weighted by molar-refractivity contribution is 5.24. The van der Waals surface area contributed by atoms with Crippen molar-refractivity contribution in [3.63, 3.8) is 0 Å². The van der Waals surface area contributed by atoms with Crippen LogP contribution in [0.5, 0.6) is 11.8 Å². The monoisotopic (exact) mass is 192 g/mol. The largest absolute Gasteiger partial charge is 0.493 e. The number of aromatic nitrogens is 2. The molecule has 4 nitrogen and oxygen atoms in total. The van der Waals surface area contributed by atoms with Crippen molar-refractivity contribution in [3.05, 3.63) is 11.9 Å². The van der Waals surface area contributed by atoms with Gasteiger partial charge in [-0.05, 0) is 6.92 Å². The molecule has 0 amide bonds. The van der Waals surface area contributed by atoms with Gasteiger partial charge in [-0.3, -0.25) is 0 Å². The van der Waals surface area contributed by atoms with Crippen LogP contribution in [0.1, 0.15) is 12.1 Å². The quantitative estimate of drug-likeness (QED) is 0.531. The zero-order valence-electron chi connectivity index (χ0n) is 8.28. The first-order valence-electron chi connectivity index (χ1n) is 4.22. The van der Waals surface area contributed by atoms with Gasteiger partial charge in [0.25, 0.3) is 0 Å². The Labute approximate surface area is 83.3 Å². The van der Waals surface area contributed by atoms with E-state index < -0.39 is 0 Å². The van der Waals surface area contributed by atoms with Crippen LogP contribution in [0.3, 0.4) is 0 Å². The number of rotatable bonds is 4. The molecule has 0 aromatic carbocycles. The molecule has 1 aromatic heterocycles. The van der Waals surface area contributed by atoms with Crippen molar-refractivity contribution in [1.82, 2.24) is 9.97 Å². The van der Waals surface area contributed by atoms with E-state index in [9.17, 15) is 0 Å². The maximum absolute atomic E-state index is 5.21. The van der Waals surface area contributed by atoms with Gasteiger partial charge >= 0.3 is 6.01 Å². The average Bonchev–Trinajstić information content (AvgIpc) is 2.18. The average molecular weight is 192 g/mol. The Kier molecular flexibility index (Phi) is 3.74. The van der Waals surface area contributed by atoms with Crippen LogP contribution in [0, 0.1) is 19.3 Å². The van der Waals surface area contributed by atoms with Crippen LogP contribution in [0.15, 0.2) is 6.20 Å². The maximum Gasteiger partial charge on any atom is 0.316 e. The zero-order valence-corrected chi connectivity index (χ0v) is 8.28. The van der Waals surface area contributed by atoms with Crippen molar-refractivity contribution < 1.29 is 9.47 Å². The predicted octanol–water partition coefficient (Wildman–Crippen LogP) is 1.20. The number of nitrogens with zero attached hydrogens (tertiary/aromatic N) is 2. The molecule has 4 heteroatoms. The minimum atomic E-state index is 0.332. The van der Waals surface area contributed by atoms with E-state index in [2.05, 4.69) is 15.9 Å². The second kappa shape index (κ2) is 5.07. The Balaban J connectivity index is 2.63. The van der Waals surface area contributed by atoms with Crippen molar-refractivity contribution in [2.24, 2.45) is 0 Å². The number of aryl methyl sites for hydroxylation is 1. The Bertz CT molecular complexity index is 344. The van der Waals surface area contributed by atoms with E-state index in [1.807, 2.05) is 6.92 Å². The molecule has 0 aliphatic rings. The van der Waals surface area contributed by atoms with Gasteiger partial charge in [-0.25, -0.2) is 0 Å². The SMILES string of the molecule is C#CCCOc1ncc(OC)c(C)n1. The van der Waals surface area contributed by atoms with Gasteiger partial charge in [-0.2, -0.15) is 9.97 Å². The Morgan fingerprint density at radius 3 is 2.93 bits per heavy atom. The van der Waals surface area contributed by atoms with Crippen LogP contribution >= 0.6 is 0 Å². The van der Waals surface area contributed by atoms with Gasteiger partial charge in [0, 0.05) is 6.42 Å². The summed E-state index contributed by atoms with van der Waals surface area (Å²) in [6, 6.07) is 0.332. The van der Waals surface area contributed by atoms with Gasteiger partial charge < -0.3 is 9.47 Å². The molecule has 0 saturated heterocycles. The molecule has 0 unspecified atom stereocenters. The summed E-state index contributed by atoms with van der Waals surface area (Å²) in [7, 11) is 1.57. The third-order valence-corrected chi connectivity index (χ3v) is 1.61. The Morgan fingerprint density at radius 1 is 1.57 bits per heavy atom. The molecule has 1 rings (SSSR count). The topological polar surface area (TPSA) is 44.2 Å². The molecule has 74 valence electrons. The first kappa shape index (κ1) is 10.3. The van der Waals surface area contributed by atoms with E-state index >= 15 is 0 Å². The predicted molar refractivity (Wildman–Crippen MR) is 52.3 cm³/mol. The van der Waals surface area contributed by atoms with Gasteiger partial charge in [0.15, 0.2) is 5.75 Å². The Morgan fingerprint density at radius 2 is 2.36 bits per heavy atom. The molecule has 0 aliphatic heterocycles. The second-order valence-corrected chi connectivity index (χ2v) is 2.61. The van der Waals surface area contributed by atoms with E-state index in [4.69, 9.17) is 15.9 Å². The fraction of sp³-hybridized carbons (Fsp3) is 0.400. The highest BCUT2D eigenvalue weighted by Gasteiger charge is 2.03. The van der Waals surface area contributed by atoms with E-state index in [0.717, 1.165) is 5.69 Å². The molecule has 0 bridgehead atoms. The van der Waals surface area contributed by atoms with Crippen LogP contribution in [0.4, 0.5) is 0 Å². The summed E-state index contributed by atoms with van der Waals surface area (Å²) in [6.45, 7) is 2.26. The molecular weight excluding hydrogens is 180 g/mol. The zero-order chi connectivity index (χ0) is 10.4. The van der Waals surface area contributed by atoms with E-state index in [-0.39, 0.29) is 0 Å². The smallest absolute Gasteiger partial charge is 0.316 e. The van der Waals surface area contributed by atoms with Crippen LogP contribution in [0.25, 0.3) is 0 Å². The lowest BCUT2D eigenvalue weighted by atomic mass is 10.4. The summed E-state index contributed by atoms with van der Waals surface area (Å²) < 4.78 is 10.2. The summed E-state index contributed by atoms with van der Waals surface area (Å²) in [5.74, 6) is 3.12. The third kappa shape index (κ3) is 2.63. The minimum absolute atomic E-state index is 0.332. The number of hydrogen-bond acceptors (Lipinski definition) is 4. The van der Waals surface area contributed by atoms with Gasteiger partial charge in [0.2, 0.25) is 0 Å². The standard InChI is InChI=1S/C10H12N2O2/c1-4-5-6-14-10-11-7-9(13-3)8(2)12-10/h1,7H,5-6H2,2-3H3. The lowest BCUT2D eigenvalue weighted by molar-refractivity contribution is 0.297. The van der Waals surface area contributed by atoms with Gasteiger partial charge in [0.1, 0.15) is 6.61 Å². The fourth-order valence-electron chi connectivity index (χ4n) is 0.906. The molecule has 1 heterocycles. The van der Waals surface area contributed by atoms with Crippen LogP contribution < -0.4 is 9.47 Å². The molecule has 0 spiro atoms. The summed E-state index contributed by atoms with van der Waals surface area (Å²) in [4.78, 5) is 8.04. The highest BCUT2D eigenvalue weighted by Crippen LogP contribution is 2.15. The summed E-state index contributed by atoms with van der Waals surface area (Å²) >= 11 is 0. The summed E-state index contributed by atoms with van der Waals surface area (Å²) in [5.41, 5.74) is 0.748. The van der Waals surface area contributed by atoms with E-state index in [1.54, 1.807) is 13.3 Å². The van der Waals surface area contributed by atoms with Crippen molar-refractivity contribution >= 4 is 0 Å². The lowest BCUT2D eigenvalue weighted by Crippen LogP contribution is -2.02. The molecule has 0 fully saturated rings. The fourth-order valence-corrected chi connectivity index (χ4v) is 0.906. The molecular formula is C10H12N2O2. The molecule has 0 aliphatic carbocycles. The third-order valence-electron chi connectivity index (χ3n) is 1.61. The summed E-state index contributed by atoms with van der Waals surface area (Å²) in [6.07, 6.45) is 7.20. The first-order chi connectivity index (χ1) is 6.77. The van der Waals surface area contributed by atoms with Crippen molar-refractivity contribution in [1.29, 1.82) is 0 Å². The molecule has 0 atom stereocenters. The minimum Gasteiger partial charge on any atom is -0.493 e. The van der Waals surface area contributed by atoms with Gasteiger partial charge in [-0.1, -0.05) is 0 Å². The molecule has 0 radical (unpaired) electrons. The maximum atomic E-state index is 5.21. The van der Waals surface area contributed by atoms with Crippen molar-refractivity contribution in [2.45, 2.75) is 13.3 Å². The highest BCUT2D eigenvalue weighted by atomic mass is 16.5. The normalized spacial score (nSPS) is 9.21. The van der Waals surface area contributed by atoms with Gasteiger partial charge in [0.05, 0.1) is 19.0 Å². The Hall–Kier alpha value is -1.76. The molecule has 1 aromatic rings. The first-order valence-corrected chi connectivity index (χ1v) is 4.22. The number of terminal acetylenes is 1. The van der Waals surface area contributed by atoms with Gasteiger partial charge in [-0.15, -0.1) is 12.3 Å². The van der Waals surface area contributed by atoms with Crippen molar-refractivity contribution in [2.75, 3.05) is 13.7 Å². The number of ether oxygens (including phenoxy) is 2. The molecule has 0 N–H and O–H groups in total. The van der Waals surface area contributed by atoms with E-state index in [1.165, 1.54) is 0 Å². The molecule has 14 heavy (non-hydrogen) atoms. The van der Waals surface area contributed by atoms with Crippen molar-refractivity contribution in [3.8, 4) is 24.1 Å². The summed E-state index contributed by atoms with van der Waals surface area (Å²) in [5, 5.41) is 0. The van der Waals surface area contributed by atoms with E-state index in [0.29, 0.717) is 24.8 Å².